The lowest BCUT2D eigenvalue weighted by Gasteiger charge is -2.28. The molecule has 1 aromatic rings. The van der Waals surface area contributed by atoms with E-state index in [1.165, 1.54) is 36.8 Å². The van der Waals surface area contributed by atoms with Gasteiger partial charge < -0.3 is 4.74 Å². The number of ether oxygens (including phenoxy) is 1. The van der Waals surface area contributed by atoms with E-state index in [2.05, 4.69) is 41.1 Å². The second kappa shape index (κ2) is 5.90. The van der Waals surface area contributed by atoms with Crippen molar-refractivity contribution < 1.29 is 4.74 Å². The number of hydrogen-bond acceptors (Lipinski definition) is 1. The molecular formula is C15H21BrO. The molecule has 0 amide bonds. The predicted molar refractivity (Wildman–Crippen MR) is 76.0 cm³/mol. The van der Waals surface area contributed by atoms with Crippen molar-refractivity contribution in [2.75, 3.05) is 6.61 Å². The molecule has 0 spiro atoms. The first-order valence-electron chi connectivity index (χ1n) is 6.58. The quantitative estimate of drug-likeness (QED) is 0.693. The van der Waals surface area contributed by atoms with E-state index in [0.717, 1.165) is 18.3 Å². The summed E-state index contributed by atoms with van der Waals surface area (Å²) in [4.78, 5) is 0.439. The van der Waals surface area contributed by atoms with Gasteiger partial charge in [-0.05, 0) is 32.3 Å². The standard InChI is InChI=1S/C15H21BrO/c1-3-17-15-8-7-11(2)9-13(15)14(16)10-12-5-4-6-12/h7-9,12,14H,3-6,10H2,1-2H3. The van der Waals surface area contributed by atoms with Crippen molar-refractivity contribution in [1.82, 2.24) is 0 Å². The Morgan fingerprint density at radius 1 is 1.41 bits per heavy atom. The summed E-state index contributed by atoms with van der Waals surface area (Å²) in [6.07, 6.45) is 5.45. The van der Waals surface area contributed by atoms with E-state index in [9.17, 15) is 0 Å². The fraction of sp³-hybridized carbons (Fsp3) is 0.600. The van der Waals surface area contributed by atoms with Crippen LogP contribution in [-0.4, -0.2) is 6.61 Å². The van der Waals surface area contributed by atoms with Crippen LogP contribution >= 0.6 is 15.9 Å². The normalized spacial score (nSPS) is 17.6. The third kappa shape index (κ3) is 3.25. The summed E-state index contributed by atoms with van der Waals surface area (Å²) in [7, 11) is 0. The van der Waals surface area contributed by atoms with Crippen LogP contribution in [0.25, 0.3) is 0 Å². The Labute approximate surface area is 113 Å². The van der Waals surface area contributed by atoms with E-state index in [1.54, 1.807) is 0 Å². The van der Waals surface area contributed by atoms with E-state index in [-0.39, 0.29) is 0 Å². The van der Waals surface area contributed by atoms with E-state index in [4.69, 9.17) is 4.74 Å². The van der Waals surface area contributed by atoms with Crippen molar-refractivity contribution in [3.05, 3.63) is 29.3 Å². The molecule has 17 heavy (non-hydrogen) atoms. The lowest BCUT2D eigenvalue weighted by Crippen LogP contribution is -2.13. The molecule has 0 saturated heterocycles. The Hall–Kier alpha value is -0.500. The van der Waals surface area contributed by atoms with E-state index in [1.807, 2.05) is 6.92 Å². The van der Waals surface area contributed by atoms with Crippen LogP contribution in [0.2, 0.25) is 0 Å². The van der Waals surface area contributed by atoms with E-state index >= 15 is 0 Å². The van der Waals surface area contributed by atoms with E-state index < -0.39 is 0 Å². The highest BCUT2D eigenvalue weighted by Gasteiger charge is 2.23. The molecule has 2 rings (SSSR count). The van der Waals surface area contributed by atoms with Gasteiger partial charge >= 0.3 is 0 Å². The van der Waals surface area contributed by atoms with Gasteiger partial charge in [-0.25, -0.2) is 0 Å². The van der Waals surface area contributed by atoms with Crippen LogP contribution in [-0.2, 0) is 0 Å². The highest BCUT2D eigenvalue weighted by molar-refractivity contribution is 9.09. The molecule has 1 saturated carbocycles. The Kier molecular flexibility index (Phi) is 4.49. The second-order valence-electron chi connectivity index (χ2n) is 4.97. The summed E-state index contributed by atoms with van der Waals surface area (Å²) in [5.74, 6) is 1.95. The number of hydrogen-bond donors (Lipinski definition) is 0. The number of aryl methyl sites for hydroxylation is 1. The summed E-state index contributed by atoms with van der Waals surface area (Å²) in [5, 5.41) is 0. The minimum absolute atomic E-state index is 0.439. The Bertz CT molecular complexity index is 371. The number of halogens is 1. The number of alkyl halides is 1. The molecule has 0 aliphatic heterocycles. The molecule has 1 aliphatic carbocycles. The second-order valence-corrected chi connectivity index (χ2v) is 6.08. The number of rotatable bonds is 5. The minimum Gasteiger partial charge on any atom is -0.494 e. The smallest absolute Gasteiger partial charge is 0.123 e. The molecule has 94 valence electrons. The summed E-state index contributed by atoms with van der Waals surface area (Å²) in [5.41, 5.74) is 2.63. The molecule has 0 radical (unpaired) electrons. The molecule has 2 heteroatoms. The summed E-state index contributed by atoms with van der Waals surface area (Å²) in [6.45, 7) is 4.92. The van der Waals surface area contributed by atoms with Gasteiger partial charge in [-0.1, -0.05) is 52.9 Å². The van der Waals surface area contributed by atoms with Gasteiger partial charge in [0.2, 0.25) is 0 Å². The third-order valence-electron chi connectivity index (χ3n) is 3.57. The largest absolute Gasteiger partial charge is 0.494 e. The summed E-state index contributed by atoms with van der Waals surface area (Å²) in [6, 6.07) is 6.48. The van der Waals surface area contributed by atoms with Crippen LogP contribution < -0.4 is 4.74 Å². The molecule has 0 N–H and O–H groups in total. The Morgan fingerprint density at radius 3 is 2.76 bits per heavy atom. The third-order valence-corrected chi connectivity index (χ3v) is 4.43. The van der Waals surface area contributed by atoms with Crippen LogP contribution in [0.4, 0.5) is 0 Å². The minimum atomic E-state index is 0.439. The Morgan fingerprint density at radius 2 is 2.18 bits per heavy atom. The van der Waals surface area contributed by atoms with Gasteiger partial charge in [0.15, 0.2) is 0 Å². The lowest BCUT2D eigenvalue weighted by molar-refractivity contribution is 0.291. The van der Waals surface area contributed by atoms with Crippen LogP contribution in [0.5, 0.6) is 5.75 Å². The van der Waals surface area contributed by atoms with Crippen LogP contribution in [0.3, 0.4) is 0 Å². The first kappa shape index (κ1) is 12.9. The zero-order valence-corrected chi connectivity index (χ0v) is 12.3. The predicted octanol–water partition coefficient (Wildman–Crippen LogP) is 5.02. The van der Waals surface area contributed by atoms with Crippen molar-refractivity contribution in [3.8, 4) is 5.75 Å². The van der Waals surface area contributed by atoms with Crippen molar-refractivity contribution >= 4 is 15.9 Å². The van der Waals surface area contributed by atoms with Gasteiger partial charge in [0, 0.05) is 10.4 Å². The van der Waals surface area contributed by atoms with Gasteiger partial charge in [-0.15, -0.1) is 0 Å². The summed E-state index contributed by atoms with van der Waals surface area (Å²) >= 11 is 3.84. The SMILES string of the molecule is CCOc1ccc(C)cc1C(Br)CC1CCC1. The van der Waals surface area contributed by atoms with Crippen molar-refractivity contribution in [2.45, 2.75) is 44.4 Å². The van der Waals surface area contributed by atoms with Crippen molar-refractivity contribution in [3.63, 3.8) is 0 Å². The molecular weight excluding hydrogens is 276 g/mol. The van der Waals surface area contributed by atoms with Gasteiger partial charge in [0.1, 0.15) is 5.75 Å². The van der Waals surface area contributed by atoms with Crippen LogP contribution in [0, 0.1) is 12.8 Å². The maximum absolute atomic E-state index is 5.72. The molecule has 1 fully saturated rings. The fourth-order valence-corrected chi connectivity index (χ4v) is 3.23. The van der Waals surface area contributed by atoms with Crippen molar-refractivity contribution in [1.29, 1.82) is 0 Å². The fourth-order valence-electron chi connectivity index (χ4n) is 2.35. The van der Waals surface area contributed by atoms with Gasteiger partial charge in [0.05, 0.1) is 6.61 Å². The molecule has 0 aromatic heterocycles. The zero-order chi connectivity index (χ0) is 12.3. The van der Waals surface area contributed by atoms with Crippen LogP contribution in [0.1, 0.15) is 48.6 Å². The molecule has 0 bridgehead atoms. The average molecular weight is 297 g/mol. The summed E-state index contributed by atoms with van der Waals surface area (Å²) < 4.78 is 5.72. The van der Waals surface area contributed by atoms with Crippen molar-refractivity contribution in [2.24, 2.45) is 5.92 Å². The van der Waals surface area contributed by atoms with Gasteiger partial charge in [-0.2, -0.15) is 0 Å². The monoisotopic (exact) mass is 296 g/mol. The molecule has 1 unspecified atom stereocenters. The molecule has 1 nitrogen and oxygen atoms in total. The number of benzene rings is 1. The molecule has 0 heterocycles. The topological polar surface area (TPSA) is 9.23 Å². The highest BCUT2D eigenvalue weighted by atomic mass is 79.9. The van der Waals surface area contributed by atoms with Crippen LogP contribution in [0.15, 0.2) is 18.2 Å². The first-order valence-corrected chi connectivity index (χ1v) is 7.49. The molecule has 1 aromatic carbocycles. The highest BCUT2D eigenvalue weighted by Crippen LogP contribution is 2.41. The average Bonchev–Trinajstić information content (AvgIpc) is 2.26. The molecule has 1 aliphatic rings. The Balaban J connectivity index is 2.12. The maximum atomic E-state index is 5.72. The van der Waals surface area contributed by atoms with Gasteiger partial charge in [-0.3, -0.25) is 0 Å². The lowest BCUT2D eigenvalue weighted by atomic mass is 9.81. The van der Waals surface area contributed by atoms with E-state index in [0.29, 0.717) is 4.83 Å². The molecule has 1 atom stereocenters. The zero-order valence-electron chi connectivity index (χ0n) is 10.7. The maximum Gasteiger partial charge on any atom is 0.123 e. The van der Waals surface area contributed by atoms with Gasteiger partial charge in [0.25, 0.3) is 0 Å². The first-order chi connectivity index (χ1) is 8.20.